The lowest BCUT2D eigenvalue weighted by atomic mass is 9.85. The van der Waals surface area contributed by atoms with Crippen molar-refractivity contribution < 1.29 is 9.69 Å². The van der Waals surface area contributed by atoms with Gasteiger partial charge in [-0.25, -0.2) is 4.90 Å². The third-order valence-electron chi connectivity index (χ3n) is 6.37. The number of fused-ring (bicyclic) bond motifs is 1. The predicted octanol–water partition coefficient (Wildman–Crippen LogP) is 1.84. The van der Waals surface area contributed by atoms with Gasteiger partial charge in [-0.1, -0.05) is 6.42 Å². The van der Waals surface area contributed by atoms with E-state index < -0.39 is 0 Å². The number of hydrogen-bond acceptors (Lipinski definition) is 2. The van der Waals surface area contributed by atoms with Crippen molar-refractivity contribution in [3.63, 3.8) is 0 Å². The first-order chi connectivity index (χ1) is 10.1. The summed E-state index contributed by atoms with van der Waals surface area (Å²) in [6, 6.07) is 1.39. The van der Waals surface area contributed by atoms with Gasteiger partial charge in [0.2, 0.25) is 0 Å². The zero-order valence-electron chi connectivity index (χ0n) is 13.5. The molecule has 0 spiro atoms. The number of likely N-dealkylation sites (N-methyl/N-ethyl adjacent to an activating group) is 1. The average molecular weight is 314 g/mol. The SMILES string of the molecule is CC1N(C)C2CCCCC2[NH+]1CC(=O)C1CCC(Cl)CC1. The molecule has 1 aliphatic heterocycles. The van der Waals surface area contributed by atoms with E-state index in [1.54, 1.807) is 4.90 Å². The summed E-state index contributed by atoms with van der Waals surface area (Å²) >= 11 is 6.17. The zero-order chi connectivity index (χ0) is 15.0. The fraction of sp³-hybridized carbons (Fsp3) is 0.941. The van der Waals surface area contributed by atoms with Gasteiger partial charge in [0.25, 0.3) is 0 Å². The number of rotatable bonds is 3. The molecule has 3 aliphatic rings. The van der Waals surface area contributed by atoms with Gasteiger partial charge in [-0.15, -0.1) is 11.6 Å². The van der Waals surface area contributed by atoms with E-state index in [1.165, 1.54) is 25.7 Å². The molecule has 3 rings (SSSR count). The maximum absolute atomic E-state index is 12.7. The third kappa shape index (κ3) is 3.16. The Kier molecular flexibility index (Phi) is 4.92. The maximum Gasteiger partial charge on any atom is 0.189 e. The Balaban J connectivity index is 1.62. The van der Waals surface area contributed by atoms with E-state index in [9.17, 15) is 4.79 Å². The number of alkyl halides is 1. The number of quaternary nitrogens is 1. The van der Waals surface area contributed by atoms with Gasteiger partial charge < -0.3 is 4.90 Å². The first-order valence-corrected chi connectivity index (χ1v) is 9.26. The molecular formula is C17H30ClN2O+. The normalized spacial score (nSPS) is 44.5. The summed E-state index contributed by atoms with van der Waals surface area (Å²) in [7, 11) is 2.25. The van der Waals surface area contributed by atoms with Gasteiger partial charge in [-0.05, 0) is 45.6 Å². The lowest BCUT2D eigenvalue weighted by Gasteiger charge is -2.30. The second-order valence-electron chi connectivity index (χ2n) is 7.47. The summed E-state index contributed by atoms with van der Waals surface area (Å²) in [6.07, 6.45) is 9.89. The Bertz CT molecular complexity index is 381. The van der Waals surface area contributed by atoms with Crippen molar-refractivity contribution in [2.24, 2.45) is 5.92 Å². The Morgan fingerprint density at radius 3 is 2.52 bits per heavy atom. The van der Waals surface area contributed by atoms with Crippen LogP contribution in [0.5, 0.6) is 0 Å². The summed E-state index contributed by atoms with van der Waals surface area (Å²) in [5.41, 5.74) is 0. The van der Waals surface area contributed by atoms with Crippen LogP contribution in [-0.4, -0.2) is 47.9 Å². The van der Waals surface area contributed by atoms with Crippen LogP contribution in [0.3, 0.4) is 0 Å². The smallest absolute Gasteiger partial charge is 0.189 e. The summed E-state index contributed by atoms with van der Waals surface area (Å²) in [5, 5.41) is 0.306. The highest BCUT2D eigenvalue weighted by atomic mass is 35.5. The van der Waals surface area contributed by atoms with Crippen molar-refractivity contribution in [2.45, 2.75) is 81.9 Å². The van der Waals surface area contributed by atoms with E-state index in [0.717, 1.165) is 32.2 Å². The molecule has 2 aliphatic carbocycles. The Hall–Kier alpha value is -0.120. The van der Waals surface area contributed by atoms with Crippen LogP contribution in [0.4, 0.5) is 0 Å². The van der Waals surface area contributed by atoms with Crippen molar-refractivity contribution in [1.29, 1.82) is 0 Å². The largest absolute Gasteiger partial charge is 0.310 e. The Morgan fingerprint density at radius 2 is 1.81 bits per heavy atom. The molecule has 0 amide bonds. The monoisotopic (exact) mass is 313 g/mol. The Labute approximate surface area is 134 Å². The molecule has 4 heteroatoms. The number of nitrogens with one attached hydrogen (secondary N) is 1. The molecule has 0 aromatic carbocycles. The first-order valence-electron chi connectivity index (χ1n) is 8.82. The molecule has 2 saturated carbocycles. The highest BCUT2D eigenvalue weighted by Crippen LogP contribution is 2.29. The molecule has 1 heterocycles. The summed E-state index contributed by atoms with van der Waals surface area (Å²) in [5.74, 6) is 0.785. The van der Waals surface area contributed by atoms with Crippen molar-refractivity contribution in [3.05, 3.63) is 0 Å². The van der Waals surface area contributed by atoms with Crippen LogP contribution < -0.4 is 4.90 Å². The van der Waals surface area contributed by atoms with Gasteiger partial charge >= 0.3 is 0 Å². The minimum atomic E-state index is 0.285. The lowest BCUT2D eigenvalue weighted by Crippen LogP contribution is -3.18. The minimum Gasteiger partial charge on any atom is -0.310 e. The highest BCUT2D eigenvalue weighted by molar-refractivity contribution is 6.20. The van der Waals surface area contributed by atoms with Crippen molar-refractivity contribution in [1.82, 2.24) is 4.90 Å². The molecule has 3 fully saturated rings. The molecule has 0 bridgehead atoms. The van der Waals surface area contributed by atoms with E-state index in [2.05, 4.69) is 18.9 Å². The predicted molar refractivity (Wildman–Crippen MR) is 85.7 cm³/mol. The average Bonchev–Trinajstić information content (AvgIpc) is 2.73. The number of nitrogens with zero attached hydrogens (tertiary/aromatic N) is 1. The van der Waals surface area contributed by atoms with Crippen LogP contribution in [0.15, 0.2) is 0 Å². The first kappa shape index (κ1) is 15.8. The third-order valence-corrected chi connectivity index (χ3v) is 6.80. The van der Waals surface area contributed by atoms with Crippen LogP contribution in [-0.2, 0) is 4.79 Å². The van der Waals surface area contributed by atoms with Crippen LogP contribution >= 0.6 is 11.6 Å². The quantitative estimate of drug-likeness (QED) is 0.804. The summed E-state index contributed by atoms with van der Waals surface area (Å²) in [6.45, 7) is 3.04. The minimum absolute atomic E-state index is 0.285. The van der Waals surface area contributed by atoms with E-state index in [0.29, 0.717) is 29.4 Å². The molecule has 0 aromatic rings. The summed E-state index contributed by atoms with van der Waals surface area (Å²) < 4.78 is 0. The van der Waals surface area contributed by atoms with Gasteiger partial charge in [0, 0.05) is 24.6 Å². The number of carbonyl (C=O) groups excluding carboxylic acids is 1. The van der Waals surface area contributed by atoms with Crippen molar-refractivity contribution in [2.75, 3.05) is 13.6 Å². The van der Waals surface area contributed by atoms with E-state index >= 15 is 0 Å². The zero-order valence-corrected chi connectivity index (χ0v) is 14.2. The standard InChI is InChI=1S/C17H29ClN2O/c1-12-19(2)15-5-3-4-6-16(15)20(12)11-17(21)13-7-9-14(18)10-8-13/h12-16H,3-11H2,1-2H3/p+1. The fourth-order valence-corrected chi connectivity index (χ4v) is 5.14. The maximum atomic E-state index is 12.7. The van der Waals surface area contributed by atoms with Gasteiger partial charge in [0.15, 0.2) is 5.78 Å². The molecule has 0 aromatic heterocycles. The molecule has 3 nitrogen and oxygen atoms in total. The molecule has 4 unspecified atom stereocenters. The van der Waals surface area contributed by atoms with E-state index in [4.69, 9.17) is 11.6 Å². The number of hydrogen-bond donors (Lipinski definition) is 1. The van der Waals surface area contributed by atoms with Gasteiger partial charge in [-0.2, -0.15) is 0 Å². The second kappa shape index (κ2) is 6.55. The molecule has 1 saturated heterocycles. The molecule has 4 atom stereocenters. The number of halogens is 1. The highest BCUT2D eigenvalue weighted by Gasteiger charge is 2.48. The van der Waals surface area contributed by atoms with Gasteiger partial charge in [0.05, 0.1) is 6.04 Å². The number of ketones is 1. The van der Waals surface area contributed by atoms with Crippen LogP contribution in [0.1, 0.15) is 58.3 Å². The van der Waals surface area contributed by atoms with Crippen LogP contribution in [0.25, 0.3) is 0 Å². The van der Waals surface area contributed by atoms with E-state index in [1.807, 2.05) is 0 Å². The molecule has 120 valence electrons. The number of Topliss-reactive ketones (excluding diaryl/α,β-unsaturated/α-hetero) is 1. The molecule has 1 N–H and O–H groups in total. The number of carbonyl (C=O) groups is 1. The van der Waals surface area contributed by atoms with Gasteiger partial charge in [0.1, 0.15) is 18.8 Å². The fourth-order valence-electron chi connectivity index (χ4n) is 4.89. The topological polar surface area (TPSA) is 24.8 Å². The lowest BCUT2D eigenvalue weighted by molar-refractivity contribution is -0.932. The van der Waals surface area contributed by atoms with Crippen LogP contribution in [0, 0.1) is 5.92 Å². The summed E-state index contributed by atoms with van der Waals surface area (Å²) in [4.78, 5) is 16.8. The molecular weight excluding hydrogens is 284 g/mol. The molecule has 21 heavy (non-hydrogen) atoms. The molecule has 0 radical (unpaired) electrons. The van der Waals surface area contributed by atoms with Gasteiger partial charge in [-0.3, -0.25) is 4.79 Å². The Morgan fingerprint density at radius 1 is 1.14 bits per heavy atom. The van der Waals surface area contributed by atoms with Crippen molar-refractivity contribution >= 4 is 17.4 Å². The van der Waals surface area contributed by atoms with Crippen LogP contribution in [0.2, 0.25) is 0 Å². The van der Waals surface area contributed by atoms with E-state index in [-0.39, 0.29) is 5.92 Å². The van der Waals surface area contributed by atoms with Crippen molar-refractivity contribution in [3.8, 4) is 0 Å². The second-order valence-corrected chi connectivity index (χ2v) is 8.08.